The summed E-state index contributed by atoms with van der Waals surface area (Å²) in [6.45, 7) is 0.421. The van der Waals surface area contributed by atoms with E-state index in [0.29, 0.717) is 17.4 Å². The SMILES string of the molecule is OCc1nc2cccnc2n1Cc1ccccc1Cl. The van der Waals surface area contributed by atoms with Gasteiger partial charge < -0.3 is 9.67 Å². The molecule has 5 heteroatoms. The summed E-state index contributed by atoms with van der Waals surface area (Å²) < 4.78 is 1.89. The molecule has 0 bridgehead atoms. The number of benzene rings is 1. The van der Waals surface area contributed by atoms with Crippen LogP contribution in [0.3, 0.4) is 0 Å². The summed E-state index contributed by atoms with van der Waals surface area (Å²) in [5.74, 6) is 0.591. The van der Waals surface area contributed by atoms with E-state index in [4.69, 9.17) is 11.6 Å². The molecule has 1 N–H and O–H groups in total. The van der Waals surface area contributed by atoms with Crippen LogP contribution in [0.2, 0.25) is 5.02 Å². The molecule has 0 spiro atoms. The Morgan fingerprint density at radius 2 is 2.00 bits per heavy atom. The molecule has 0 aliphatic carbocycles. The fourth-order valence-corrected chi connectivity index (χ4v) is 2.28. The number of aliphatic hydroxyl groups excluding tert-OH is 1. The molecule has 0 radical (unpaired) electrons. The van der Waals surface area contributed by atoms with E-state index in [0.717, 1.165) is 16.7 Å². The van der Waals surface area contributed by atoms with Gasteiger partial charge in [-0.25, -0.2) is 9.97 Å². The Balaban J connectivity index is 2.12. The first-order valence-corrected chi connectivity index (χ1v) is 6.32. The zero-order valence-corrected chi connectivity index (χ0v) is 10.9. The predicted octanol–water partition coefficient (Wildman–Crippen LogP) is 2.63. The first kappa shape index (κ1) is 12.1. The smallest absolute Gasteiger partial charge is 0.160 e. The quantitative estimate of drug-likeness (QED) is 0.798. The number of aromatic nitrogens is 3. The lowest BCUT2D eigenvalue weighted by Crippen LogP contribution is -2.06. The Morgan fingerprint density at radius 1 is 1.16 bits per heavy atom. The number of halogens is 1. The molecule has 96 valence electrons. The fraction of sp³-hybridized carbons (Fsp3) is 0.143. The third-order valence-corrected chi connectivity index (χ3v) is 3.38. The Hall–Kier alpha value is -1.91. The Kier molecular flexibility index (Phi) is 3.19. The van der Waals surface area contributed by atoms with E-state index in [-0.39, 0.29) is 6.61 Å². The lowest BCUT2D eigenvalue weighted by molar-refractivity contribution is 0.267. The van der Waals surface area contributed by atoms with Crippen LogP contribution in [0.4, 0.5) is 0 Å². The fourth-order valence-electron chi connectivity index (χ4n) is 2.09. The Labute approximate surface area is 115 Å². The minimum atomic E-state index is -0.124. The number of rotatable bonds is 3. The molecule has 2 heterocycles. The average molecular weight is 274 g/mol. The summed E-state index contributed by atoms with van der Waals surface area (Å²) >= 11 is 6.17. The van der Waals surface area contributed by atoms with Gasteiger partial charge in [-0.05, 0) is 23.8 Å². The highest BCUT2D eigenvalue weighted by Gasteiger charge is 2.12. The number of hydrogen-bond donors (Lipinski definition) is 1. The van der Waals surface area contributed by atoms with Crippen molar-refractivity contribution in [2.24, 2.45) is 0 Å². The third kappa shape index (κ3) is 2.20. The molecule has 0 fully saturated rings. The summed E-state index contributed by atoms with van der Waals surface area (Å²) in [5.41, 5.74) is 2.51. The molecule has 0 atom stereocenters. The monoisotopic (exact) mass is 273 g/mol. The number of pyridine rings is 1. The van der Waals surface area contributed by atoms with Gasteiger partial charge >= 0.3 is 0 Å². The van der Waals surface area contributed by atoms with Crippen molar-refractivity contribution in [3.05, 3.63) is 59.0 Å². The summed E-state index contributed by atoms with van der Waals surface area (Å²) in [7, 11) is 0. The van der Waals surface area contributed by atoms with E-state index in [9.17, 15) is 5.11 Å². The first-order valence-electron chi connectivity index (χ1n) is 5.94. The van der Waals surface area contributed by atoms with Crippen LogP contribution in [0.5, 0.6) is 0 Å². The van der Waals surface area contributed by atoms with Gasteiger partial charge in [0.05, 0.1) is 6.54 Å². The topological polar surface area (TPSA) is 50.9 Å². The molecule has 4 nitrogen and oxygen atoms in total. The van der Waals surface area contributed by atoms with Crippen molar-refractivity contribution in [3.63, 3.8) is 0 Å². The van der Waals surface area contributed by atoms with Crippen molar-refractivity contribution in [2.75, 3.05) is 0 Å². The molecule has 3 rings (SSSR count). The standard InChI is InChI=1S/C14H12ClN3O/c15-11-5-2-1-4-10(11)8-18-13(9-19)17-12-6-3-7-16-14(12)18/h1-7,19H,8-9H2. The van der Waals surface area contributed by atoms with Crippen molar-refractivity contribution in [3.8, 4) is 0 Å². The summed E-state index contributed by atoms with van der Waals surface area (Å²) in [6, 6.07) is 11.3. The van der Waals surface area contributed by atoms with Crippen LogP contribution in [0, 0.1) is 0 Å². The van der Waals surface area contributed by atoms with Crippen LogP contribution >= 0.6 is 11.6 Å². The van der Waals surface area contributed by atoms with Gasteiger partial charge in [0, 0.05) is 11.2 Å². The van der Waals surface area contributed by atoms with Crippen molar-refractivity contribution in [1.29, 1.82) is 0 Å². The van der Waals surface area contributed by atoms with Gasteiger partial charge in [0.1, 0.15) is 17.9 Å². The van der Waals surface area contributed by atoms with Crippen molar-refractivity contribution < 1.29 is 5.11 Å². The molecule has 3 aromatic rings. The predicted molar refractivity (Wildman–Crippen MR) is 74.0 cm³/mol. The van der Waals surface area contributed by atoms with Crippen molar-refractivity contribution in [1.82, 2.24) is 14.5 Å². The largest absolute Gasteiger partial charge is 0.388 e. The molecule has 1 aromatic carbocycles. The molecular formula is C14H12ClN3O. The maximum Gasteiger partial charge on any atom is 0.160 e. The Morgan fingerprint density at radius 3 is 2.79 bits per heavy atom. The Bertz CT molecular complexity index is 724. The minimum absolute atomic E-state index is 0.124. The van der Waals surface area contributed by atoms with Crippen molar-refractivity contribution in [2.45, 2.75) is 13.2 Å². The second-order valence-corrected chi connectivity index (χ2v) is 4.62. The second-order valence-electron chi connectivity index (χ2n) is 4.21. The highest BCUT2D eigenvalue weighted by Crippen LogP contribution is 2.20. The van der Waals surface area contributed by atoms with Crippen LogP contribution in [0.15, 0.2) is 42.6 Å². The van der Waals surface area contributed by atoms with E-state index in [1.165, 1.54) is 0 Å². The van der Waals surface area contributed by atoms with Crippen LogP contribution in [-0.2, 0) is 13.2 Å². The summed E-state index contributed by atoms with van der Waals surface area (Å²) in [5, 5.41) is 10.1. The molecule has 0 unspecified atom stereocenters. The summed E-state index contributed by atoms with van der Waals surface area (Å²) in [6.07, 6.45) is 1.72. The van der Waals surface area contributed by atoms with Crippen LogP contribution in [0.25, 0.3) is 11.2 Å². The van der Waals surface area contributed by atoms with Crippen molar-refractivity contribution >= 4 is 22.8 Å². The lowest BCUT2D eigenvalue weighted by Gasteiger charge is -2.08. The molecule has 0 saturated heterocycles. The average Bonchev–Trinajstić information content (AvgIpc) is 2.79. The van der Waals surface area contributed by atoms with E-state index in [1.807, 2.05) is 41.0 Å². The maximum atomic E-state index is 9.42. The minimum Gasteiger partial charge on any atom is -0.388 e. The van der Waals surface area contributed by atoms with E-state index < -0.39 is 0 Å². The van der Waals surface area contributed by atoms with E-state index in [2.05, 4.69) is 9.97 Å². The van der Waals surface area contributed by atoms with E-state index >= 15 is 0 Å². The number of fused-ring (bicyclic) bond motifs is 1. The van der Waals surface area contributed by atoms with Crippen LogP contribution in [0.1, 0.15) is 11.4 Å². The normalized spacial score (nSPS) is 11.1. The van der Waals surface area contributed by atoms with Gasteiger partial charge in [-0.1, -0.05) is 29.8 Å². The van der Waals surface area contributed by atoms with Gasteiger partial charge in [0.15, 0.2) is 5.65 Å². The molecule has 0 saturated carbocycles. The zero-order valence-electron chi connectivity index (χ0n) is 10.1. The molecular weight excluding hydrogens is 262 g/mol. The molecule has 19 heavy (non-hydrogen) atoms. The maximum absolute atomic E-state index is 9.42. The number of nitrogens with zero attached hydrogens (tertiary/aromatic N) is 3. The van der Waals surface area contributed by atoms with Crippen LogP contribution < -0.4 is 0 Å². The van der Waals surface area contributed by atoms with E-state index in [1.54, 1.807) is 6.20 Å². The summed E-state index contributed by atoms with van der Waals surface area (Å²) in [4.78, 5) is 8.69. The third-order valence-electron chi connectivity index (χ3n) is 3.01. The number of aliphatic hydroxyl groups is 1. The van der Waals surface area contributed by atoms with Gasteiger partial charge in [-0.3, -0.25) is 0 Å². The van der Waals surface area contributed by atoms with Crippen LogP contribution in [-0.4, -0.2) is 19.6 Å². The van der Waals surface area contributed by atoms with Gasteiger partial charge in [0.25, 0.3) is 0 Å². The lowest BCUT2D eigenvalue weighted by atomic mass is 10.2. The highest BCUT2D eigenvalue weighted by molar-refractivity contribution is 6.31. The number of hydrogen-bond acceptors (Lipinski definition) is 3. The molecule has 2 aromatic heterocycles. The zero-order chi connectivity index (χ0) is 13.2. The van der Waals surface area contributed by atoms with Gasteiger partial charge in [0.2, 0.25) is 0 Å². The first-order chi connectivity index (χ1) is 9.29. The van der Waals surface area contributed by atoms with Gasteiger partial charge in [-0.2, -0.15) is 0 Å². The molecule has 0 amide bonds. The highest BCUT2D eigenvalue weighted by atomic mass is 35.5. The second kappa shape index (κ2) is 4.99. The van der Waals surface area contributed by atoms with Gasteiger partial charge in [-0.15, -0.1) is 0 Å². The number of imidazole rings is 1. The molecule has 0 aliphatic rings. The molecule has 0 aliphatic heterocycles.